The molecule has 1 atom stereocenters. The summed E-state index contributed by atoms with van der Waals surface area (Å²) in [6.45, 7) is 8.35. The lowest BCUT2D eigenvalue weighted by Gasteiger charge is -2.25. The summed E-state index contributed by atoms with van der Waals surface area (Å²) in [5.74, 6) is -0.0625. The Balaban J connectivity index is 2.41. The van der Waals surface area contributed by atoms with E-state index in [1.807, 2.05) is 0 Å². The molecule has 0 saturated carbocycles. The van der Waals surface area contributed by atoms with Crippen LogP contribution >= 0.6 is 0 Å². The molecular formula is C11H22N2O2. The molecule has 88 valence electrons. The lowest BCUT2D eigenvalue weighted by atomic mass is 10.1. The fourth-order valence-corrected chi connectivity index (χ4v) is 2.11. The number of nitrogens with one attached hydrogen (secondary N) is 1. The van der Waals surface area contributed by atoms with E-state index >= 15 is 0 Å². The van der Waals surface area contributed by atoms with Crippen LogP contribution in [0.1, 0.15) is 26.7 Å². The van der Waals surface area contributed by atoms with E-state index in [2.05, 4.69) is 24.1 Å². The fourth-order valence-electron chi connectivity index (χ4n) is 2.11. The van der Waals surface area contributed by atoms with Gasteiger partial charge < -0.3 is 15.3 Å². The first-order chi connectivity index (χ1) is 7.08. The highest BCUT2D eigenvalue weighted by molar-refractivity contribution is 5.67. The Morgan fingerprint density at radius 2 is 2.33 bits per heavy atom. The second kappa shape index (κ2) is 6.08. The summed E-state index contributed by atoms with van der Waals surface area (Å²) >= 11 is 0. The lowest BCUT2D eigenvalue weighted by Crippen LogP contribution is -2.40. The number of aliphatic carboxylic acids is 1. The Morgan fingerprint density at radius 3 is 2.93 bits per heavy atom. The highest BCUT2D eigenvalue weighted by Crippen LogP contribution is 2.06. The van der Waals surface area contributed by atoms with Gasteiger partial charge >= 0.3 is 5.97 Å². The number of rotatable bonds is 4. The standard InChI is InChI=1S/C11H22N2O2/c1-9(2)7-13-5-3-4-12-10(8-13)6-11(14)15/h9-10,12H,3-8H2,1-2H3,(H,14,15). The first-order valence-corrected chi connectivity index (χ1v) is 5.75. The Kier molecular flexibility index (Phi) is 5.05. The van der Waals surface area contributed by atoms with Crippen LogP contribution in [0.5, 0.6) is 0 Å². The first kappa shape index (κ1) is 12.5. The van der Waals surface area contributed by atoms with Crippen molar-refractivity contribution in [3.63, 3.8) is 0 Å². The molecule has 0 aromatic heterocycles. The van der Waals surface area contributed by atoms with Crippen LogP contribution in [0.2, 0.25) is 0 Å². The molecule has 4 heteroatoms. The summed E-state index contributed by atoms with van der Waals surface area (Å²) < 4.78 is 0. The predicted octanol–water partition coefficient (Wildman–Crippen LogP) is 0.781. The van der Waals surface area contributed by atoms with Crippen LogP contribution < -0.4 is 5.32 Å². The molecular weight excluding hydrogens is 192 g/mol. The van der Waals surface area contributed by atoms with E-state index in [-0.39, 0.29) is 12.5 Å². The van der Waals surface area contributed by atoms with Crippen LogP contribution in [0.3, 0.4) is 0 Å². The summed E-state index contributed by atoms with van der Waals surface area (Å²) in [4.78, 5) is 13.0. The van der Waals surface area contributed by atoms with E-state index in [0.717, 1.165) is 32.6 Å². The van der Waals surface area contributed by atoms with E-state index in [9.17, 15) is 4.79 Å². The van der Waals surface area contributed by atoms with E-state index in [0.29, 0.717) is 5.92 Å². The van der Waals surface area contributed by atoms with Crippen LogP contribution in [0.15, 0.2) is 0 Å². The van der Waals surface area contributed by atoms with Crippen molar-refractivity contribution in [3.05, 3.63) is 0 Å². The third-order valence-corrected chi connectivity index (χ3v) is 2.61. The average Bonchev–Trinajstić information content (AvgIpc) is 2.28. The highest BCUT2D eigenvalue weighted by atomic mass is 16.4. The zero-order valence-electron chi connectivity index (χ0n) is 9.70. The average molecular weight is 214 g/mol. The molecule has 1 rings (SSSR count). The number of carbonyl (C=O) groups is 1. The number of hydrogen-bond donors (Lipinski definition) is 2. The summed E-state index contributed by atoms with van der Waals surface area (Å²) in [6, 6.07) is 0.115. The van der Waals surface area contributed by atoms with Crippen LogP contribution in [0.4, 0.5) is 0 Å². The number of nitrogens with zero attached hydrogens (tertiary/aromatic N) is 1. The molecule has 15 heavy (non-hydrogen) atoms. The lowest BCUT2D eigenvalue weighted by molar-refractivity contribution is -0.137. The zero-order chi connectivity index (χ0) is 11.3. The molecule has 1 unspecified atom stereocenters. The molecule has 4 nitrogen and oxygen atoms in total. The summed E-state index contributed by atoms with van der Waals surface area (Å²) in [6.07, 6.45) is 1.34. The maximum absolute atomic E-state index is 10.7. The molecule has 1 heterocycles. The monoisotopic (exact) mass is 214 g/mol. The molecule has 1 saturated heterocycles. The minimum atomic E-state index is -0.709. The largest absolute Gasteiger partial charge is 0.481 e. The molecule has 1 aliphatic rings. The first-order valence-electron chi connectivity index (χ1n) is 5.75. The van der Waals surface area contributed by atoms with Gasteiger partial charge in [0, 0.05) is 19.1 Å². The quantitative estimate of drug-likeness (QED) is 0.726. The Hall–Kier alpha value is -0.610. The molecule has 0 aliphatic carbocycles. The van der Waals surface area contributed by atoms with Crippen molar-refractivity contribution in [1.29, 1.82) is 0 Å². The van der Waals surface area contributed by atoms with Gasteiger partial charge in [-0.05, 0) is 25.4 Å². The molecule has 1 aliphatic heterocycles. The van der Waals surface area contributed by atoms with E-state index in [1.54, 1.807) is 0 Å². The van der Waals surface area contributed by atoms with Gasteiger partial charge in [-0.3, -0.25) is 4.79 Å². The van der Waals surface area contributed by atoms with Gasteiger partial charge in [-0.25, -0.2) is 0 Å². The van der Waals surface area contributed by atoms with Crippen molar-refractivity contribution >= 4 is 5.97 Å². The van der Waals surface area contributed by atoms with Crippen LogP contribution in [-0.2, 0) is 4.79 Å². The topological polar surface area (TPSA) is 52.6 Å². The normalized spacial score (nSPS) is 24.1. The van der Waals surface area contributed by atoms with Crippen molar-refractivity contribution in [2.45, 2.75) is 32.7 Å². The SMILES string of the molecule is CC(C)CN1CCCNC(CC(=O)O)C1. The van der Waals surface area contributed by atoms with Crippen molar-refractivity contribution in [1.82, 2.24) is 10.2 Å². The molecule has 0 spiro atoms. The van der Waals surface area contributed by atoms with Crippen LogP contribution in [0.25, 0.3) is 0 Å². The summed E-state index contributed by atoms with van der Waals surface area (Å²) in [7, 11) is 0. The van der Waals surface area contributed by atoms with Gasteiger partial charge in [-0.2, -0.15) is 0 Å². The van der Waals surface area contributed by atoms with Crippen LogP contribution in [-0.4, -0.2) is 48.2 Å². The third kappa shape index (κ3) is 5.14. The van der Waals surface area contributed by atoms with Crippen molar-refractivity contribution in [2.24, 2.45) is 5.92 Å². The molecule has 0 bridgehead atoms. The third-order valence-electron chi connectivity index (χ3n) is 2.61. The van der Waals surface area contributed by atoms with Gasteiger partial charge in [0.15, 0.2) is 0 Å². The van der Waals surface area contributed by atoms with Crippen molar-refractivity contribution < 1.29 is 9.90 Å². The van der Waals surface area contributed by atoms with Gasteiger partial charge in [0.1, 0.15) is 0 Å². The minimum Gasteiger partial charge on any atom is -0.481 e. The molecule has 0 radical (unpaired) electrons. The van der Waals surface area contributed by atoms with Gasteiger partial charge in [0.2, 0.25) is 0 Å². The molecule has 0 amide bonds. The van der Waals surface area contributed by atoms with Gasteiger partial charge in [-0.1, -0.05) is 13.8 Å². The molecule has 0 aromatic carbocycles. The maximum atomic E-state index is 10.7. The Bertz CT molecular complexity index is 207. The summed E-state index contributed by atoms with van der Waals surface area (Å²) in [5, 5.41) is 12.1. The fraction of sp³-hybridized carbons (Fsp3) is 0.909. The predicted molar refractivity (Wildman–Crippen MR) is 59.9 cm³/mol. The zero-order valence-corrected chi connectivity index (χ0v) is 9.70. The molecule has 0 aromatic rings. The van der Waals surface area contributed by atoms with Gasteiger partial charge in [0.05, 0.1) is 6.42 Å². The van der Waals surface area contributed by atoms with E-state index in [1.165, 1.54) is 0 Å². The Labute approximate surface area is 91.6 Å². The summed E-state index contributed by atoms with van der Waals surface area (Å²) in [5.41, 5.74) is 0. The Morgan fingerprint density at radius 1 is 1.60 bits per heavy atom. The number of hydrogen-bond acceptors (Lipinski definition) is 3. The number of carboxylic acid groups (broad SMARTS) is 1. The van der Waals surface area contributed by atoms with Crippen LogP contribution in [0, 0.1) is 5.92 Å². The van der Waals surface area contributed by atoms with Gasteiger partial charge in [-0.15, -0.1) is 0 Å². The highest BCUT2D eigenvalue weighted by Gasteiger charge is 2.20. The second-order valence-electron chi connectivity index (χ2n) is 4.76. The van der Waals surface area contributed by atoms with Crippen molar-refractivity contribution in [3.8, 4) is 0 Å². The second-order valence-corrected chi connectivity index (χ2v) is 4.76. The minimum absolute atomic E-state index is 0.115. The van der Waals surface area contributed by atoms with Crippen molar-refractivity contribution in [2.75, 3.05) is 26.2 Å². The van der Waals surface area contributed by atoms with E-state index < -0.39 is 5.97 Å². The van der Waals surface area contributed by atoms with E-state index in [4.69, 9.17) is 5.11 Å². The molecule has 2 N–H and O–H groups in total. The smallest absolute Gasteiger partial charge is 0.304 e. The molecule has 1 fully saturated rings. The van der Waals surface area contributed by atoms with Gasteiger partial charge in [0.25, 0.3) is 0 Å². The number of carboxylic acids is 1. The maximum Gasteiger partial charge on any atom is 0.304 e.